The molecule has 1 aliphatic rings. The molecule has 0 aromatic heterocycles. The second-order valence-corrected chi connectivity index (χ2v) is 5.80. The van der Waals surface area contributed by atoms with Crippen molar-refractivity contribution in [2.45, 2.75) is 59.5 Å². The van der Waals surface area contributed by atoms with Gasteiger partial charge in [-0.25, -0.2) is 0 Å². The van der Waals surface area contributed by atoms with Crippen molar-refractivity contribution in [2.24, 2.45) is 11.3 Å². The molecule has 0 aliphatic heterocycles. The highest BCUT2D eigenvalue weighted by molar-refractivity contribution is 5.81. The Hall–Kier alpha value is -0.370. The third-order valence-corrected chi connectivity index (χ3v) is 3.39. The normalized spacial score (nSPS) is 21.9. The predicted molar refractivity (Wildman–Crippen MR) is 61.8 cm³/mol. The molecule has 0 N–H and O–H groups in total. The summed E-state index contributed by atoms with van der Waals surface area (Å²) in [7, 11) is 0. The van der Waals surface area contributed by atoms with Crippen LogP contribution in [0.25, 0.3) is 0 Å². The molecule has 1 saturated carbocycles. The predicted octanol–water partition coefficient (Wildman–Crippen LogP) is 3.20. The van der Waals surface area contributed by atoms with Crippen LogP contribution in [0.2, 0.25) is 0 Å². The van der Waals surface area contributed by atoms with Crippen LogP contribution in [0.3, 0.4) is 0 Å². The van der Waals surface area contributed by atoms with Gasteiger partial charge in [0.1, 0.15) is 6.61 Å². The molecule has 1 aliphatic carbocycles. The lowest BCUT2D eigenvalue weighted by Gasteiger charge is -2.34. The smallest absolute Gasteiger partial charge is 0.160 e. The average molecular weight is 212 g/mol. The summed E-state index contributed by atoms with van der Waals surface area (Å²) in [5, 5.41) is 0. The molecule has 0 atom stereocenters. The van der Waals surface area contributed by atoms with Gasteiger partial charge in [-0.3, -0.25) is 4.79 Å². The number of rotatable bonds is 4. The summed E-state index contributed by atoms with van der Waals surface area (Å²) in [6.45, 7) is 8.78. The number of hydrogen-bond donors (Lipinski definition) is 0. The Labute approximate surface area is 93.4 Å². The van der Waals surface area contributed by atoms with E-state index in [4.69, 9.17) is 4.74 Å². The Bertz CT molecular complexity index is 209. The van der Waals surface area contributed by atoms with Gasteiger partial charge in [0.15, 0.2) is 5.78 Å². The monoisotopic (exact) mass is 212 g/mol. The summed E-state index contributed by atoms with van der Waals surface area (Å²) in [6.07, 6.45) is 4.97. The summed E-state index contributed by atoms with van der Waals surface area (Å²) in [5.41, 5.74) is 0.474. The summed E-state index contributed by atoms with van der Waals surface area (Å²) in [5.74, 6) is 0.324. The zero-order valence-electron chi connectivity index (χ0n) is 10.5. The van der Waals surface area contributed by atoms with Crippen LogP contribution in [0, 0.1) is 11.3 Å². The van der Waals surface area contributed by atoms with Crippen molar-refractivity contribution >= 4 is 5.78 Å². The Morgan fingerprint density at radius 1 is 1.33 bits per heavy atom. The fourth-order valence-electron chi connectivity index (χ4n) is 1.91. The SMILES string of the molecule is CC(C)C(=O)COC1CCC(C)(C)CC1. The molecule has 0 heterocycles. The topological polar surface area (TPSA) is 26.3 Å². The van der Waals surface area contributed by atoms with Gasteiger partial charge in [-0.05, 0) is 31.1 Å². The largest absolute Gasteiger partial charge is 0.370 e. The van der Waals surface area contributed by atoms with E-state index in [1.54, 1.807) is 0 Å². The number of carbonyl (C=O) groups excluding carboxylic acids is 1. The number of hydrogen-bond acceptors (Lipinski definition) is 2. The van der Waals surface area contributed by atoms with Crippen LogP contribution in [0.5, 0.6) is 0 Å². The number of carbonyl (C=O) groups is 1. The average Bonchev–Trinajstić information content (AvgIpc) is 2.15. The van der Waals surface area contributed by atoms with E-state index in [1.807, 2.05) is 13.8 Å². The molecule has 0 aromatic rings. The van der Waals surface area contributed by atoms with E-state index < -0.39 is 0 Å². The van der Waals surface area contributed by atoms with E-state index in [2.05, 4.69) is 13.8 Å². The summed E-state index contributed by atoms with van der Waals surface area (Å²) in [4.78, 5) is 11.4. The molecular weight excluding hydrogens is 188 g/mol. The first-order valence-corrected chi connectivity index (χ1v) is 6.05. The second-order valence-electron chi connectivity index (χ2n) is 5.80. The first kappa shape index (κ1) is 12.7. The fourth-order valence-corrected chi connectivity index (χ4v) is 1.91. The molecule has 15 heavy (non-hydrogen) atoms. The van der Waals surface area contributed by atoms with Gasteiger partial charge in [-0.2, -0.15) is 0 Å². The quantitative estimate of drug-likeness (QED) is 0.715. The lowest BCUT2D eigenvalue weighted by atomic mass is 9.76. The van der Waals surface area contributed by atoms with Crippen LogP contribution in [0.15, 0.2) is 0 Å². The van der Waals surface area contributed by atoms with E-state index in [-0.39, 0.29) is 11.7 Å². The Balaban J connectivity index is 2.22. The maximum absolute atomic E-state index is 11.4. The molecule has 0 amide bonds. The highest BCUT2D eigenvalue weighted by Gasteiger charge is 2.27. The number of Topliss-reactive ketones (excluding diaryl/α,β-unsaturated/α-hetero) is 1. The van der Waals surface area contributed by atoms with Gasteiger partial charge in [0.05, 0.1) is 6.10 Å². The molecule has 0 bridgehead atoms. The molecule has 0 aromatic carbocycles. The van der Waals surface area contributed by atoms with Crippen LogP contribution < -0.4 is 0 Å². The van der Waals surface area contributed by atoms with E-state index in [0.29, 0.717) is 18.1 Å². The minimum Gasteiger partial charge on any atom is -0.370 e. The van der Waals surface area contributed by atoms with Gasteiger partial charge < -0.3 is 4.74 Å². The minimum atomic E-state index is 0.102. The summed E-state index contributed by atoms with van der Waals surface area (Å²) >= 11 is 0. The van der Waals surface area contributed by atoms with Crippen molar-refractivity contribution in [3.8, 4) is 0 Å². The third kappa shape index (κ3) is 4.33. The Morgan fingerprint density at radius 2 is 1.87 bits per heavy atom. The van der Waals surface area contributed by atoms with Crippen LogP contribution in [-0.2, 0) is 9.53 Å². The zero-order valence-corrected chi connectivity index (χ0v) is 10.5. The first-order valence-electron chi connectivity index (χ1n) is 6.05. The van der Waals surface area contributed by atoms with Gasteiger partial charge in [-0.1, -0.05) is 27.7 Å². The molecule has 0 unspecified atom stereocenters. The molecule has 0 saturated heterocycles. The minimum absolute atomic E-state index is 0.102. The van der Waals surface area contributed by atoms with Gasteiger partial charge in [0.2, 0.25) is 0 Å². The van der Waals surface area contributed by atoms with E-state index in [9.17, 15) is 4.79 Å². The molecule has 2 nitrogen and oxygen atoms in total. The maximum atomic E-state index is 11.4. The van der Waals surface area contributed by atoms with Crippen molar-refractivity contribution < 1.29 is 9.53 Å². The van der Waals surface area contributed by atoms with Crippen LogP contribution in [0.4, 0.5) is 0 Å². The van der Waals surface area contributed by atoms with Crippen LogP contribution >= 0.6 is 0 Å². The Kier molecular flexibility index (Phi) is 4.32. The first-order chi connectivity index (χ1) is 6.91. The van der Waals surface area contributed by atoms with Crippen molar-refractivity contribution in [1.82, 2.24) is 0 Å². The fraction of sp³-hybridized carbons (Fsp3) is 0.923. The lowest BCUT2D eigenvalue weighted by molar-refractivity contribution is -0.129. The standard InChI is InChI=1S/C13H24O2/c1-10(2)12(14)9-15-11-5-7-13(3,4)8-6-11/h10-11H,5-9H2,1-4H3. The van der Waals surface area contributed by atoms with Crippen LogP contribution in [0.1, 0.15) is 53.4 Å². The van der Waals surface area contributed by atoms with Gasteiger partial charge in [0.25, 0.3) is 0 Å². The van der Waals surface area contributed by atoms with E-state index in [0.717, 1.165) is 12.8 Å². The third-order valence-electron chi connectivity index (χ3n) is 3.39. The maximum Gasteiger partial charge on any atom is 0.160 e. The van der Waals surface area contributed by atoms with Crippen LogP contribution in [-0.4, -0.2) is 18.5 Å². The highest BCUT2D eigenvalue weighted by Crippen LogP contribution is 2.36. The van der Waals surface area contributed by atoms with Gasteiger partial charge in [-0.15, -0.1) is 0 Å². The summed E-state index contributed by atoms with van der Waals surface area (Å²) < 4.78 is 5.65. The molecule has 88 valence electrons. The van der Waals surface area contributed by atoms with E-state index in [1.165, 1.54) is 12.8 Å². The Morgan fingerprint density at radius 3 is 2.33 bits per heavy atom. The van der Waals surface area contributed by atoms with Crippen molar-refractivity contribution in [2.75, 3.05) is 6.61 Å². The zero-order chi connectivity index (χ0) is 11.5. The molecule has 1 fully saturated rings. The number of ketones is 1. The lowest BCUT2D eigenvalue weighted by Crippen LogP contribution is -2.28. The van der Waals surface area contributed by atoms with Gasteiger partial charge in [0, 0.05) is 5.92 Å². The molecule has 2 heteroatoms. The highest BCUT2D eigenvalue weighted by atomic mass is 16.5. The van der Waals surface area contributed by atoms with Gasteiger partial charge >= 0.3 is 0 Å². The molecule has 0 radical (unpaired) electrons. The van der Waals surface area contributed by atoms with E-state index >= 15 is 0 Å². The number of ether oxygens (including phenoxy) is 1. The van der Waals surface area contributed by atoms with Crippen molar-refractivity contribution in [3.05, 3.63) is 0 Å². The second kappa shape index (κ2) is 5.11. The van der Waals surface area contributed by atoms with Crippen molar-refractivity contribution in [3.63, 3.8) is 0 Å². The molecule has 0 spiro atoms. The molecule has 1 rings (SSSR count). The molecular formula is C13H24O2. The van der Waals surface area contributed by atoms with Crippen molar-refractivity contribution in [1.29, 1.82) is 0 Å². The summed E-state index contributed by atoms with van der Waals surface area (Å²) in [6, 6.07) is 0.